The summed E-state index contributed by atoms with van der Waals surface area (Å²) < 4.78 is 10.7. The summed E-state index contributed by atoms with van der Waals surface area (Å²) in [4.78, 5) is 15.0. The minimum absolute atomic E-state index is 0.117. The van der Waals surface area contributed by atoms with E-state index < -0.39 is 0 Å². The van der Waals surface area contributed by atoms with Crippen molar-refractivity contribution < 1.29 is 9.15 Å². The molecule has 0 aliphatic rings. The molecule has 0 atom stereocenters. The number of fused-ring (bicyclic) bond motifs is 1. The number of benzene rings is 1. The molecule has 0 unspecified atom stereocenters. The van der Waals surface area contributed by atoms with Crippen LogP contribution < -0.4 is 10.3 Å². The molecule has 0 spiro atoms. The Balaban J connectivity index is 2.16. The van der Waals surface area contributed by atoms with E-state index in [2.05, 4.69) is 15.2 Å². The van der Waals surface area contributed by atoms with Gasteiger partial charge in [-0.3, -0.25) is 4.79 Å². The Morgan fingerprint density at radius 1 is 1.24 bits per heavy atom. The molecular weight excluding hydrogens is 270 g/mol. The van der Waals surface area contributed by atoms with E-state index in [9.17, 15) is 4.79 Å². The number of aromatic nitrogens is 3. The minimum atomic E-state index is -0.258. The third-order valence-electron chi connectivity index (χ3n) is 3.22. The summed E-state index contributed by atoms with van der Waals surface area (Å²) in [7, 11) is 1.60. The lowest BCUT2D eigenvalue weighted by Crippen LogP contribution is -2.08. The number of nitrogens with one attached hydrogen (secondary N) is 1. The normalized spacial score (nSPS) is 11.2. The molecule has 0 aliphatic heterocycles. The van der Waals surface area contributed by atoms with E-state index in [0.29, 0.717) is 17.2 Å². The molecule has 3 aromatic rings. The molecule has 6 heteroatoms. The quantitative estimate of drug-likeness (QED) is 0.800. The molecule has 6 nitrogen and oxygen atoms in total. The Morgan fingerprint density at radius 2 is 2.05 bits per heavy atom. The van der Waals surface area contributed by atoms with Crippen molar-refractivity contribution >= 4 is 10.9 Å². The Labute approximate surface area is 120 Å². The SMILES string of the molecule is COc1ccc2[nH]c(=O)c(-c3nnc(C(C)C)o3)cc2c1. The van der Waals surface area contributed by atoms with Crippen LogP contribution in [0.1, 0.15) is 25.7 Å². The fourth-order valence-corrected chi connectivity index (χ4v) is 2.05. The maximum absolute atomic E-state index is 12.2. The maximum atomic E-state index is 12.2. The zero-order valence-electron chi connectivity index (χ0n) is 12.0. The third-order valence-corrected chi connectivity index (χ3v) is 3.22. The smallest absolute Gasteiger partial charge is 0.261 e. The molecule has 2 heterocycles. The Bertz CT molecular complexity index is 849. The average Bonchev–Trinajstić information content (AvgIpc) is 2.96. The lowest BCUT2D eigenvalue weighted by atomic mass is 10.1. The number of methoxy groups -OCH3 is 1. The predicted molar refractivity (Wildman–Crippen MR) is 78.5 cm³/mol. The van der Waals surface area contributed by atoms with E-state index in [0.717, 1.165) is 10.9 Å². The molecule has 0 aliphatic carbocycles. The third kappa shape index (κ3) is 2.40. The Kier molecular flexibility index (Phi) is 3.21. The van der Waals surface area contributed by atoms with Crippen molar-refractivity contribution in [1.29, 1.82) is 0 Å². The Morgan fingerprint density at radius 3 is 2.71 bits per heavy atom. The summed E-state index contributed by atoms with van der Waals surface area (Å²) in [6.07, 6.45) is 0. The number of H-pyrrole nitrogens is 1. The van der Waals surface area contributed by atoms with Gasteiger partial charge >= 0.3 is 0 Å². The van der Waals surface area contributed by atoms with Gasteiger partial charge in [0.05, 0.1) is 7.11 Å². The van der Waals surface area contributed by atoms with Gasteiger partial charge in [-0.2, -0.15) is 0 Å². The average molecular weight is 285 g/mol. The molecule has 0 saturated heterocycles. The maximum Gasteiger partial charge on any atom is 0.261 e. The first kappa shape index (κ1) is 13.4. The van der Waals surface area contributed by atoms with Crippen LogP contribution in [-0.2, 0) is 0 Å². The second-order valence-electron chi connectivity index (χ2n) is 5.07. The Hall–Kier alpha value is -2.63. The molecule has 0 bridgehead atoms. The number of aromatic amines is 1. The predicted octanol–water partition coefficient (Wildman–Crippen LogP) is 2.71. The number of pyridine rings is 1. The first-order valence-electron chi connectivity index (χ1n) is 6.63. The topological polar surface area (TPSA) is 81.0 Å². The number of nitrogens with zero attached hydrogens (tertiary/aromatic N) is 2. The molecule has 0 radical (unpaired) electrons. The molecule has 0 saturated carbocycles. The van der Waals surface area contributed by atoms with Crippen LogP contribution in [0.3, 0.4) is 0 Å². The van der Waals surface area contributed by atoms with Crippen LogP contribution in [0.15, 0.2) is 33.5 Å². The van der Waals surface area contributed by atoms with Crippen LogP contribution in [0.5, 0.6) is 5.75 Å². The standard InChI is InChI=1S/C15H15N3O3/c1-8(2)14-17-18-15(21-14)11-7-9-6-10(20-3)4-5-12(9)16-13(11)19/h4-8H,1-3H3,(H,16,19). The molecule has 1 aromatic carbocycles. The number of hydrogen-bond donors (Lipinski definition) is 1. The van der Waals surface area contributed by atoms with Crippen molar-refractivity contribution in [1.82, 2.24) is 15.2 Å². The van der Waals surface area contributed by atoms with E-state index in [1.165, 1.54) is 0 Å². The zero-order chi connectivity index (χ0) is 15.0. The van der Waals surface area contributed by atoms with Gasteiger partial charge in [-0.15, -0.1) is 10.2 Å². The summed E-state index contributed by atoms with van der Waals surface area (Å²) in [5.41, 5.74) is 0.829. The summed E-state index contributed by atoms with van der Waals surface area (Å²) >= 11 is 0. The number of rotatable bonds is 3. The van der Waals surface area contributed by atoms with Gasteiger partial charge in [-0.1, -0.05) is 13.8 Å². The molecule has 0 amide bonds. The van der Waals surface area contributed by atoms with Gasteiger partial charge < -0.3 is 14.1 Å². The summed E-state index contributed by atoms with van der Waals surface area (Å²) in [5.74, 6) is 1.57. The van der Waals surface area contributed by atoms with Crippen molar-refractivity contribution in [2.24, 2.45) is 0 Å². The molecule has 0 fully saturated rings. The van der Waals surface area contributed by atoms with Crippen molar-refractivity contribution in [3.05, 3.63) is 40.5 Å². The highest BCUT2D eigenvalue weighted by Crippen LogP contribution is 2.23. The summed E-state index contributed by atoms with van der Waals surface area (Å²) in [5, 5.41) is 8.74. The lowest BCUT2D eigenvalue weighted by Gasteiger charge is -2.03. The van der Waals surface area contributed by atoms with Crippen molar-refractivity contribution in [2.45, 2.75) is 19.8 Å². The zero-order valence-corrected chi connectivity index (χ0v) is 12.0. The van der Waals surface area contributed by atoms with Crippen molar-refractivity contribution in [2.75, 3.05) is 7.11 Å². The van der Waals surface area contributed by atoms with E-state index in [1.807, 2.05) is 19.9 Å². The van der Waals surface area contributed by atoms with Crippen molar-refractivity contribution in [3.63, 3.8) is 0 Å². The van der Waals surface area contributed by atoms with E-state index >= 15 is 0 Å². The second-order valence-corrected chi connectivity index (χ2v) is 5.07. The number of hydrogen-bond acceptors (Lipinski definition) is 5. The van der Waals surface area contributed by atoms with Crippen LogP contribution >= 0.6 is 0 Å². The molecule has 1 N–H and O–H groups in total. The molecule has 2 aromatic heterocycles. The fourth-order valence-electron chi connectivity index (χ4n) is 2.05. The van der Waals surface area contributed by atoms with Gasteiger partial charge in [0.25, 0.3) is 11.4 Å². The fraction of sp³-hybridized carbons (Fsp3) is 0.267. The van der Waals surface area contributed by atoms with E-state index in [4.69, 9.17) is 9.15 Å². The first-order chi connectivity index (χ1) is 10.1. The van der Waals surface area contributed by atoms with Crippen LogP contribution in [-0.4, -0.2) is 22.3 Å². The highest BCUT2D eigenvalue weighted by molar-refractivity contribution is 5.83. The van der Waals surface area contributed by atoms with Gasteiger partial charge in [0.2, 0.25) is 5.89 Å². The van der Waals surface area contributed by atoms with Crippen molar-refractivity contribution in [3.8, 4) is 17.2 Å². The van der Waals surface area contributed by atoms with Crippen LogP contribution in [0.2, 0.25) is 0 Å². The summed E-state index contributed by atoms with van der Waals surface area (Å²) in [6, 6.07) is 7.16. The minimum Gasteiger partial charge on any atom is -0.497 e. The van der Waals surface area contributed by atoms with Crippen LogP contribution in [0.4, 0.5) is 0 Å². The van der Waals surface area contributed by atoms with Gasteiger partial charge in [-0.05, 0) is 24.3 Å². The van der Waals surface area contributed by atoms with E-state index in [-0.39, 0.29) is 17.4 Å². The molecule has 21 heavy (non-hydrogen) atoms. The second kappa shape index (κ2) is 5.05. The highest BCUT2D eigenvalue weighted by Gasteiger charge is 2.15. The van der Waals surface area contributed by atoms with Crippen LogP contribution in [0.25, 0.3) is 22.4 Å². The van der Waals surface area contributed by atoms with Gasteiger partial charge in [0, 0.05) is 16.8 Å². The first-order valence-corrected chi connectivity index (χ1v) is 6.63. The summed E-state index contributed by atoms with van der Waals surface area (Å²) in [6.45, 7) is 3.90. The monoisotopic (exact) mass is 285 g/mol. The number of ether oxygens (including phenoxy) is 1. The van der Waals surface area contributed by atoms with Gasteiger partial charge in [0.1, 0.15) is 11.3 Å². The van der Waals surface area contributed by atoms with Gasteiger partial charge in [-0.25, -0.2) is 0 Å². The highest BCUT2D eigenvalue weighted by atomic mass is 16.5. The molecule has 108 valence electrons. The van der Waals surface area contributed by atoms with Crippen LogP contribution in [0, 0.1) is 0 Å². The lowest BCUT2D eigenvalue weighted by molar-refractivity contribution is 0.415. The largest absolute Gasteiger partial charge is 0.497 e. The van der Waals surface area contributed by atoms with E-state index in [1.54, 1.807) is 25.3 Å². The molecular formula is C15H15N3O3. The van der Waals surface area contributed by atoms with Gasteiger partial charge in [0.15, 0.2) is 0 Å². The molecule has 3 rings (SSSR count).